The fourth-order valence-corrected chi connectivity index (χ4v) is 3.99. The number of carbonyl (C=O) groups is 1. The summed E-state index contributed by atoms with van der Waals surface area (Å²) in [6, 6.07) is 7.64. The van der Waals surface area contributed by atoms with Gasteiger partial charge in [-0.1, -0.05) is 11.3 Å². The molecule has 0 aliphatic carbocycles. The van der Waals surface area contributed by atoms with Gasteiger partial charge in [-0.2, -0.15) is 0 Å². The fraction of sp³-hybridized carbons (Fsp3) is 0.444. The minimum Gasteiger partial charge on any atom is -0.497 e. The molecule has 1 aliphatic heterocycles. The van der Waals surface area contributed by atoms with Crippen LogP contribution in [0.2, 0.25) is 0 Å². The molecule has 0 radical (unpaired) electrons. The average Bonchev–Trinajstić information content (AvgIpc) is 2.93. The van der Waals surface area contributed by atoms with Crippen molar-refractivity contribution in [3.63, 3.8) is 0 Å². The molecule has 134 valence electrons. The molecule has 2 aromatic rings. The van der Waals surface area contributed by atoms with Gasteiger partial charge in [0.2, 0.25) is 4.80 Å². The lowest BCUT2D eigenvalue weighted by molar-refractivity contribution is 0.102. The zero-order valence-corrected chi connectivity index (χ0v) is 16.0. The maximum absolute atomic E-state index is 12.0. The predicted octanol–water partition coefficient (Wildman–Crippen LogP) is 2.19. The molecule has 0 N–H and O–H groups in total. The number of hydrogen-bond acceptors (Lipinski definition) is 6. The summed E-state index contributed by atoms with van der Waals surface area (Å²) in [6.07, 6.45) is 0. The summed E-state index contributed by atoms with van der Waals surface area (Å²) in [7, 11) is 3.78. The van der Waals surface area contributed by atoms with Crippen molar-refractivity contribution in [2.75, 3.05) is 45.3 Å². The van der Waals surface area contributed by atoms with E-state index in [1.54, 1.807) is 14.0 Å². The molecule has 25 heavy (non-hydrogen) atoms. The Labute approximate surface area is 151 Å². The van der Waals surface area contributed by atoms with Gasteiger partial charge in [-0.15, -0.1) is 0 Å². The van der Waals surface area contributed by atoms with Gasteiger partial charge >= 0.3 is 0 Å². The number of methoxy groups -OCH3 is 1. The predicted molar refractivity (Wildman–Crippen MR) is 101 cm³/mol. The average molecular weight is 360 g/mol. The molecule has 1 fully saturated rings. The van der Waals surface area contributed by atoms with Crippen LogP contribution in [0, 0.1) is 6.92 Å². The zero-order chi connectivity index (χ0) is 18.0. The number of nitrogens with zero attached hydrogens (tertiary/aromatic N) is 4. The van der Waals surface area contributed by atoms with Gasteiger partial charge in [0, 0.05) is 33.1 Å². The van der Waals surface area contributed by atoms with E-state index in [0.29, 0.717) is 0 Å². The monoisotopic (exact) mass is 360 g/mol. The highest BCUT2D eigenvalue weighted by molar-refractivity contribution is 7.11. The van der Waals surface area contributed by atoms with E-state index in [-0.39, 0.29) is 5.78 Å². The van der Waals surface area contributed by atoms with Gasteiger partial charge in [0.25, 0.3) is 0 Å². The largest absolute Gasteiger partial charge is 0.497 e. The Bertz CT molecular complexity index is 815. The van der Waals surface area contributed by atoms with Crippen LogP contribution in [-0.2, 0) is 0 Å². The van der Waals surface area contributed by atoms with Crippen LogP contribution in [-0.4, -0.2) is 55.7 Å². The quantitative estimate of drug-likeness (QED) is 0.785. The standard InChI is InChI=1S/C18H24N4O2S/c1-13-17(14(2)23)25-18(19-15-5-7-16(24-4)8-6-15)22(13)21-11-9-20(3)10-12-21/h5-8H,9-12H2,1-4H3. The molecule has 0 bridgehead atoms. The number of rotatable bonds is 4. The number of ether oxygens (including phenoxy) is 1. The number of thiazole rings is 1. The lowest BCUT2D eigenvalue weighted by Crippen LogP contribution is -2.52. The van der Waals surface area contributed by atoms with E-state index in [1.807, 2.05) is 31.2 Å². The van der Waals surface area contributed by atoms with E-state index in [9.17, 15) is 4.79 Å². The van der Waals surface area contributed by atoms with E-state index in [1.165, 1.54) is 11.3 Å². The van der Waals surface area contributed by atoms with E-state index in [4.69, 9.17) is 9.73 Å². The van der Waals surface area contributed by atoms with Gasteiger partial charge in [-0.05, 0) is 38.2 Å². The number of carbonyl (C=O) groups excluding carboxylic acids is 1. The van der Waals surface area contributed by atoms with Gasteiger partial charge in [-0.25, -0.2) is 9.67 Å². The van der Waals surface area contributed by atoms with E-state index in [2.05, 4.69) is 21.6 Å². The smallest absolute Gasteiger partial charge is 0.209 e. The van der Waals surface area contributed by atoms with E-state index >= 15 is 0 Å². The molecule has 0 amide bonds. The summed E-state index contributed by atoms with van der Waals surface area (Å²) >= 11 is 1.45. The molecule has 6 nitrogen and oxygen atoms in total. The van der Waals surface area contributed by atoms with Crippen LogP contribution < -0.4 is 14.5 Å². The number of likely N-dealkylation sites (N-methyl/N-ethyl adjacent to an activating group) is 1. The van der Waals surface area contributed by atoms with Gasteiger partial charge < -0.3 is 14.6 Å². The topological polar surface area (TPSA) is 50.1 Å². The summed E-state index contributed by atoms with van der Waals surface area (Å²) in [4.78, 5) is 20.7. The van der Waals surface area contributed by atoms with Crippen LogP contribution in [0.4, 0.5) is 5.69 Å². The number of piperazine rings is 1. The Morgan fingerprint density at radius 2 is 1.80 bits per heavy atom. The second-order valence-electron chi connectivity index (χ2n) is 6.23. The van der Waals surface area contributed by atoms with Gasteiger partial charge in [-0.3, -0.25) is 4.79 Å². The molecule has 0 unspecified atom stereocenters. The van der Waals surface area contributed by atoms with Crippen molar-refractivity contribution < 1.29 is 9.53 Å². The fourth-order valence-electron chi connectivity index (χ4n) is 2.94. The van der Waals surface area contributed by atoms with Crippen molar-refractivity contribution >= 4 is 22.8 Å². The molecule has 0 spiro atoms. The summed E-state index contributed by atoms with van der Waals surface area (Å²) in [6.45, 7) is 7.45. The van der Waals surface area contributed by atoms with Crippen LogP contribution in [0.3, 0.4) is 0 Å². The SMILES string of the molecule is COc1ccc(N=c2sc(C(C)=O)c(C)n2N2CCN(C)CC2)cc1. The van der Waals surface area contributed by atoms with E-state index in [0.717, 1.165) is 53.0 Å². The molecule has 0 saturated carbocycles. The molecule has 1 aromatic carbocycles. The molecule has 3 rings (SSSR count). The molecule has 0 atom stereocenters. The first-order valence-corrected chi connectivity index (χ1v) is 9.17. The maximum atomic E-state index is 12.0. The summed E-state index contributed by atoms with van der Waals surface area (Å²) in [5.41, 5.74) is 1.81. The Morgan fingerprint density at radius 3 is 2.36 bits per heavy atom. The number of ketones is 1. The molecule has 7 heteroatoms. The van der Waals surface area contributed by atoms with Crippen LogP contribution in [0.5, 0.6) is 5.75 Å². The number of benzene rings is 1. The van der Waals surface area contributed by atoms with Gasteiger partial charge in [0.15, 0.2) is 5.78 Å². The summed E-state index contributed by atoms with van der Waals surface area (Å²) in [5.74, 6) is 0.888. The highest BCUT2D eigenvalue weighted by Crippen LogP contribution is 2.19. The van der Waals surface area contributed by atoms with Crippen molar-refractivity contribution in [1.29, 1.82) is 0 Å². The molecule has 1 aliphatic rings. The van der Waals surface area contributed by atoms with Crippen molar-refractivity contribution in [3.05, 3.63) is 39.6 Å². The number of Topliss-reactive ketones (excluding diaryl/α,β-unsaturated/α-hetero) is 1. The zero-order valence-electron chi connectivity index (χ0n) is 15.2. The highest BCUT2D eigenvalue weighted by Gasteiger charge is 2.21. The number of hydrogen-bond donors (Lipinski definition) is 0. The minimum absolute atomic E-state index is 0.0848. The third kappa shape index (κ3) is 3.77. The Hall–Kier alpha value is -2.12. The Kier molecular flexibility index (Phi) is 5.24. The summed E-state index contributed by atoms with van der Waals surface area (Å²) in [5, 5.41) is 2.28. The van der Waals surface area contributed by atoms with Crippen molar-refractivity contribution in [2.45, 2.75) is 13.8 Å². The second kappa shape index (κ2) is 7.41. The van der Waals surface area contributed by atoms with Crippen LogP contribution in [0.25, 0.3) is 0 Å². The highest BCUT2D eigenvalue weighted by atomic mass is 32.1. The normalized spacial score (nSPS) is 16.3. The van der Waals surface area contributed by atoms with Crippen LogP contribution >= 0.6 is 11.3 Å². The molecule has 2 heterocycles. The first kappa shape index (κ1) is 17.7. The van der Waals surface area contributed by atoms with Crippen molar-refractivity contribution in [1.82, 2.24) is 9.58 Å². The summed E-state index contributed by atoms with van der Waals surface area (Å²) < 4.78 is 7.31. The van der Waals surface area contributed by atoms with Crippen molar-refractivity contribution in [2.24, 2.45) is 4.99 Å². The van der Waals surface area contributed by atoms with Crippen LogP contribution in [0.15, 0.2) is 29.3 Å². The van der Waals surface area contributed by atoms with Gasteiger partial charge in [0.1, 0.15) is 5.75 Å². The van der Waals surface area contributed by atoms with Crippen molar-refractivity contribution in [3.8, 4) is 5.75 Å². The third-order valence-electron chi connectivity index (χ3n) is 4.40. The molecular formula is C18H24N4O2S. The van der Waals surface area contributed by atoms with E-state index < -0.39 is 0 Å². The third-order valence-corrected chi connectivity index (χ3v) is 5.63. The maximum Gasteiger partial charge on any atom is 0.209 e. The Balaban J connectivity index is 2.06. The first-order valence-electron chi connectivity index (χ1n) is 8.35. The molecule has 1 saturated heterocycles. The lowest BCUT2D eigenvalue weighted by atomic mass is 10.3. The van der Waals surface area contributed by atoms with Crippen LogP contribution in [0.1, 0.15) is 22.3 Å². The van der Waals surface area contributed by atoms with Gasteiger partial charge in [0.05, 0.1) is 23.4 Å². The molecular weight excluding hydrogens is 336 g/mol. The first-order chi connectivity index (χ1) is 12.0. The lowest BCUT2D eigenvalue weighted by Gasteiger charge is -2.35. The number of aromatic nitrogens is 1. The Morgan fingerprint density at radius 1 is 1.16 bits per heavy atom. The minimum atomic E-state index is 0.0848. The molecule has 1 aromatic heterocycles. The second-order valence-corrected chi connectivity index (χ2v) is 7.21.